The average Bonchev–Trinajstić information content (AvgIpc) is 3.31. The Morgan fingerprint density at radius 1 is 1.06 bits per heavy atom. The van der Waals surface area contributed by atoms with Crippen molar-refractivity contribution in [3.8, 4) is 0 Å². The zero-order valence-electron chi connectivity index (χ0n) is 19.7. The van der Waals surface area contributed by atoms with Gasteiger partial charge in [0, 0.05) is 24.4 Å². The third-order valence-electron chi connectivity index (χ3n) is 7.55. The number of carbonyl (C=O) groups excluding carboxylic acids is 2. The minimum atomic E-state index is -0.571. The zero-order chi connectivity index (χ0) is 23.5. The zero-order valence-corrected chi connectivity index (χ0v) is 20.5. The highest BCUT2D eigenvalue weighted by Crippen LogP contribution is 2.38. The minimum absolute atomic E-state index is 0.0608. The van der Waals surface area contributed by atoms with Crippen LogP contribution in [0.4, 0.5) is 5.69 Å². The fourth-order valence-corrected chi connectivity index (χ4v) is 6.71. The van der Waals surface area contributed by atoms with Crippen molar-refractivity contribution in [1.29, 1.82) is 0 Å². The summed E-state index contributed by atoms with van der Waals surface area (Å²) in [5.74, 6) is 0.484. The number of para-hydroxylation sites is 1. The molecule has 0 spiro atoms. The summed E-state index contributed by atoms with van der Waals surface area (Å²) >= 11 is 1.67. The van der Waals surface area contributed by atoms with Crippen LogP contribution in [0.25, 0.3) is 0 Å². The van der Waals surface area contributed by atoms with E-state index in [2.05, 4.69) is 17.6 Å². The first kappa shape index (κ1) is 23.2. The van der Waals surface area contributed by atoms with Gasteiger partial charge in [-0.15, -0.1) is 11.8 Å². The van der Waals surface area contributed by atoms with Crippen LogP contribution >= 0.6 is 11.8 Å². The van der Waals surface area contributed by atoms with Crippen LogP contribution in [0.2, 0.25) is 0 Å². The third kappa shape index (κ3) is 5.08. The second-order valence-corrected chi connectivity index (χ2v) is 11.1. The number of thioether (sulfide) groups is 1. The number of rotatable bonds is 8. The molecule has 6 heteroatoms. The van der Waals surface area contributed by atoms with Gasteiger partial charge in [0.05, 0.1) is 18.3 Å². The number of hydrogen-bond donors (Lipinski definition) is 1. The molecule has 2 aromatic carbocycles. The van der Waals surface area contributed by atoms with Crippen molar-refractivity contribution >= 4 is 29.2 Å². The number of allylic oxidation sites excluding steroid dienone is 1. The van der Waals surface area contributed by atoms with Crippen LogP contribution in [0, 0.1) is 5.92 Å². The molecule has 3 atom stereocenters. The largest absolute Gasteiger partial charge is 0.454 e. The lowest BCUT2D eigenvalue weighted by atomic mass is 9.82. The summed E-state index contributed by atoms with van der Waals surface area (Å²) in [6.45, 7) is 5.43. The molecule has 0 aliphatic carbocycles. The van der Waals surface area contributed by atoms with Gasteiger partial charge in [-0.2, -0.15) is 0 Å². The standard InChI is InChI=1S/C28H33N2O3S/c1-20-16-26(34-19-20)24(31)17-30-14-12-21(13-15-30)25(18-30)33-28(32)27(22-8-4-2-5-9-22)29-23-10-6-3-7-11-23/h2-11,19,21,25-27,29H,12-18H2,1H3/q+1/t21?,25-,26?,27?,30?/m0/s1. The number of piperidine rings is 3. The summed E-state index contributed by atoms with van der Waals surface area (Å²) in [4.78, 5) is 26.6. The van der Waals surface area contributed by atoms with Crippen molar-refractivity contribution < 1.29 is 18.8 Å². The topological polar surface area (TPSA) is 55.4 Å². The van der Waals surface area contributed by atoms with Crippen molar-refractivity contribution in [3.05, 3.63) is 77.2 Å². The number of quaternary nitrogens is 1. The number of nitrogens with zero attached hydrogens (tertiary/aromatic N) is 1. The van der Waals surface area contributed by atoms with E-state index in [1.165, 1.54) is 5.57 Å². The van der Waals surface area contributed by atoms with Crippen molar-refractivity contribution in [2.45, 2.75) is 43.6 Å². The number of nitrogens with one attached hydrogen (secondary N) is 1. The van der Waals surface area contributed by atoms with Crippen LogP contribution in [-0.2, 0) is 14.3 Å². The van der Waals surface area contributed by atoms with Gasteiger partial charge in [-0.1, -0.05) is 54.1 Å². The number of fused-ring (bicyclic) bond motifs is 3. The van der Waals surface area contributed by atoms with Gasteiger partial charge >= 0.3 is 5.97 Å². The maximum atomic E-state index is 13.5. The quantitative estimate of drug-likeness (QED) is 0.430. The number of ether oxygens (including phenoxy) is 1. The summed E-state index contributed by atoms with van der Waals surface area (Å²) in [6, 6.07) is 19.0. The van der Waals surface area contributed by atoms with Gasteiger partial charge in [0.2, 0.25) is 0 Å². The molecule has 4 aliphatic rings. The Balaban J connectivity index is 1.28. The summed E-state index contributed by atoms with van der Waals surface area (Å²) in [6.07, 6.45) is 2.77. The Kier molecular flexibility index (Phi) is 6.79. The molecule has 2 unspecified atom stereocenters. The van der Waals surface area contributed by atoms with Crippen LogP contribution in [-0.4, -0.2) is 53.8 Å². The van der Waals surface area contributed by atoms with Gasteiger partial charge in [-0.25, -0.2) is 4.79 Å². The Bertz CT molecular complexity index is 1050. The lowest BCUT2D eigenvalue weighted by molar-refractivity contribution is -0.939. The van der Waals surface area contributed by atoms with Crippen molar-refractivity contribution in [2.75, 3.05) is 31.5 Å². The summed E-state index contributed by atoms with van der Waals surface area (Å²) in [5.41, 5.74) is 3.07. The summed E-state index contributed by atoms with van der Waals surface area (Å²) in [5, 5.41) is 5.55. The van der Waals surface area contributed by atoms with Crippen molar-refractivity contribution in [1.82, 2.24) is 0 Å². The lowest BCUT2D eigenvalue weighted by Gasteiger charge is -2.52. The molecule has 178 valence electrons. The Morgan fingerprint density at radius 2 is 1.74 bits per heavy atom. The lowest BCUT2D eigenvalue weighted by Crippen LogP contribution is -2.66. The molecular formula is C28H33N2O3S+. The first-order chi connectivity index (χ1) is 16.5. The fraction of sp³-hybridized carbons (Fsp3) is 0.429. The van der Waals surface area contributed by atoms with Crippen LogP contribution < -0.4 is 5.32 Å². The van der Waals surface area contributed by atoms with Gasteiger partial charge < -0.3 is 14.5 Å². The number of esters is 1. The smallest absolute Gasteiger partial charge is 0.333 e. The van der Waals surface area contributed by atoms with Crippen LogP contribution in [0.3, 0.4) is 0 Å². The molecule has 1 N–H and O–H groups in total. The van der Waals surface area contributed by atoms with E-state index in [0.29, 0.717) is 18.2 Å². The molecule has 0 saturated carbocycles. The monoisotopic (exact) mass is 477 g/mol. The molecule has 3 fully saturated rings. The van der Waals surface area contributed by atoms with E-state index in [1.54, 1.807) is 11.8 Å². The molecule has 4 heterocycles. The van der Waals surface area contributed by atoms with E-state index in [4.69, 9.17) is 4.74 Å². The second kappa shape index (κ2) is 9.96. The van der Waals surface area contributed by atoms with Crippen molar-refractivity contribution in [3.63, 3.8) is 0 Å². The van der Waals surface area contributed by atoms with Crippen LogP contribution in [0.1, 0.15) is 37.8 Å². The molecule has 3 saturated heterocycles. The van der Waals surface area contributed by atoms with Crippen molar-refractivity contribution in [2.24, 2.45) is 5.92 Å². The maximum Gasteiger partial charge on any atom is 0.333 e. The molecule has 0 amide bonds. The minimum Gasteiger partial charge on any atom is -0.454 e. The van der Waals surface area contributed by atoms with E-state index in [-0.39, 0.29) is 17.3 Å². The number of ketones is 1. The fourth-order valence-electron chi connectivity index (χ4n) is 5.63. The molecule has 5 nitrogen and oxygen atoms in total. The molecular weight excluding hydrogens is 444 g/mol. The van der Waals surface area contributed by atoms with Gasteiger partial charge in [0.1, 0.15) is 13.1 Å². The maximum absolute atomic E-state index is 13.5. The summed E-state index contributed by atoms with van der Waals surface area (Å²) < 4.78 is 6.99. The number of benzene rings is 2. The molecule has 6 rings (SSSR count). The molecule has 0 aromatic heterocycles. The molecule has 2 aromatic rings. The van der Waals surface area contributed by atoms with E-state index < -0.39 is 6.04 Å². The van der Waals surface area contributed by atoms with E-state index in [1.807, 2.05) is 60.7 Å². The first-order valence-corrected chi connectivity index (χ1v) is 13.2. The summed E-state index contributed by atoms with van der Waals surface area (Å²) in [7, 11) is 0. The molecule has 2 bridgehead atoms. The van der Waals surface area contributed by atoms with E-state index in [0.717, 1.165) is 54.6 Å². The Morgan fingerprint density at radius 3 is 2.38 bits per heavy atom. The molecule has 4 aliphatic heterocycles. The Hall–Kier alpha value is -2.57. The third-order valence-corrected chi connectivity index (χ3v) is 8.85. The number of carbonyl (C=O) groups is 2. The second-order valence-electron chi connectivity index (χ2n) is 10.1. The number of Topliss-reactive ketones (excluding diaryl/α,β-unsaturated/α-hetero) is 1. The highest BCUT2D eigenvalue weighted by molar-refractivity contribution is 8.03. The first-order valence-electron chi connectivity index (χ1n) is 12.3. The van der Waals surface area contributed by atoms with Gasteiger partial charge in [-0.3, -0.25) is 4.79 Å². The normalized spacial score (nSPS) is 28.7. The highest BCUT2D eigenvalue weighted by Gasteiger charge is 2.49. The van der Waals surface area contributed by atoms with Gasteiger partial charge in [0.15, 0.2) is 17.9 Å². The Labute approximate surface area is 206 Å². The number of hydrogen-bond acceptors (Lipinski definition) is 5. The van der Waals surface area contributed by atoms with Gasteiger partial charge in [-0.05, 0) is 36.4 Å². The van der Waals surface area contributed by atoms with Crippen LogP contribution in [0.5, 0.6) is 0 Å². The van der Waals surface area contributed by atoms with E-state index >= 15 is 0 Å². The van der Waals surface area contributed by atoms with E-state index in [9.17, 15) is 9.59 Å². The predicted octanol–water partition coefficient (Wildman–Crippen LogP) is 4.97. The predicted molar refractivity (Wildman–Crippen MR) is 136 cm³/mol. The molecule has 0 radical (unpaired) electrons. The SMILES string of the molecule is CC1=CSC(C(=O)C[N+]23CCC(CC2)[C@@H](OC(=O)C(Nc2ccccc2)c2ccccc2)C3)C1. The van der Waals surface area contributed by atoms with Gasteiger partial charge in [0.25, 0.3) is 0 Å². The highest BCUT2D eigenvalue weighted by atomic mass is 32.2. The van der Waals surface area contributed by atoms with Crippen LogP contribution in [0.15, 0.2) is 71.6 Å². The number of anilines is 1. The molecule has 34 heavy (non-hydrogen) atoms. The average molecular weight is 478 g/mol.